The molecule has 1 aromatic heterocycles. The molecule has 4 nitrogen and oxygen atoms in total. The van der Waals surface area contributed by atoms with E-state index in [2.05, 4.69) is 49.4 Å². The van der Waals surface area contributed by atoms with Crippen molar-refractivity contribution in [2.45, 2.75) is 39.3 Å². The third-order valence-electron chi connectivity index (χ3n) is 3.99. The van der Waals surface area contributed by atoms with Gasteiger partial charge >= 0.3 is 0 Å². The molecule has 2 heterocycles. The van der Waals surface area contributed by atoms with Gasteiger partial charge < -0.3 is 10.2 Å². The highest BCUT2D eigenvalue weighted by Gasteiger charge is 2.36. The summed E-state index contributed by atoms with van der Waals surface area (Å²) in [5.74, 6) is 0.246. The number of hydrogen-bond donors (Lipinski definition) is 1. The second-order valence-corrected chi connectivity index (χ2v) is 7.43. The van der Waals surface area contributed by atoms with Crippen molar-refractivity contribution >= 4 is 17.2 Å². The first-order valence-electron chi connectivity index (χ1n) is 7.74. The number of nitrogens with zero attached hydrogens (tertiary/aromatic N) is 2. The molecule has 1 aliphatic heterocycles. The molecule has 0 radical (unpaired) electrons. The van der Waals surface area contributed by atoms with E-state index in [4.69, 9.17) is 0 Å². The summed E-state index contributed by atoms with van der Waals surface area (Å²) in [4.78, 5) is 18.6. The van der Waals surface area contributed by atoms with Crippen LogP contribution in [0.5, 0.6) is 0 Å². The van der Waals surface area contributed by atoms with E-state index >= 15 is 0 Å². The Kier molecular flexibility index (Phi) is 5.41. The van der Waals surface area contributed by atoms with Crippen molar-refractivity contribution in [3.63, 3.8) is 0 Å². The van der Waals surface area contributed by atoms with E-state index in [1.54, 1.807) is 11.3 Å². The minimum Gasteiger partial charge on any atom is -0.338 e. The molecule has 21 heavy (non-hydrogen) atoms. The van der Waals surface area contributed by atoms with Crippen LogP contribution < -0.4 is 5.32 Å². The van der Waals surface area contributed by atoms with Gasteiger partial charge in [-0.1, -0.05) is 13.0 Å². The molecule has 118 valence electrons. The topological polar surface area (TPSA) is 35.6 Å². The van der Waals surface area contributed by atoms with E-state index in [1.807, 2.05) is 11.0 Å². The van der Waals surface area contributed by atoms with E-state index in [0.29, 0.717) is 0 Å². The molecule has 0 aromatic carbocycles. The molecule has 0 bridgehead atoms. The molecule has 1 N–H and O–H groups in total. The minimum atomic E-state index is -0.159. The van der Waals surface area contributed by atoms with Crippen molar-refractivity contribution < 1.29 is 4.79 Å². The summed E-state index contributed by atoms with van der Waals surface area (Å²) in [5, 5.41) is 5.37. The maximum absolute atomic E-state index is 13.1. The first kappa shape index (κ1) is 16.5. The van der Waals surface area contributed by atoms with Crippen LogP contribution in [0.1, 0.15) is 38.6 Å². The van der Waals surface area contributed by atoms with Crippen molar-refractivity contribution in [3.8, 4) is 0 Å². The number of rotatable bonds is 4. The monoisotopic (exact) mass is 309 g/mol. The summed E-state index contributed by atoms with van der Waals surface area (Å²) in [6.07, 6.45) is 0. The number of piperazine rings is 1. The average Bonchev–Trinajstić information content (AvgIpc) is 2.97. The predicted molar refractivity (Wildman–Crippen MR) is 88.6 cm³/mol. The molecule has 1 saturated heterocycles. The third-order valence-corrected chi connectivity index (χ3v) is 4.91. The Morgan fingerprint density at radius 1 is 1.43 bits per heavy atom. The zero-order valence-electron chi connectivity index (χ0n) is 13.6. The molecule has 1 aromatic rings. The smallest absolute Gasteiger partial charge is 0.245 e. The fourth-order valence-corrected chi connectivity index (χ4v) is 3.79. The summed E-state index contributed by atoms with van der Waals surface area (Å²) in [6.45, 7) is 13.0. The summed E-state index contributed by atoms with van der Waals surface area (Å²) < 4.78 is 0. The molecule has 5 heteroatoms. The van der Waals surface area contributed by atoms with Gasteiger partial charge in [0.15, 0.2) is 0 Å². The Balaban J connectivity index is 2.29. The molecule has 1 atom stereocenters. The van der Waals surface area contributed by atoms with Gasteiger partial charge in [-0.05, 0) is 38.8 Å². The molecule has 2 rings (SSSR count). The van der Waals surface area contributed by atoms with Gasteiger partial charge in [0.05, 0.1) is 0 Å². The Labute approximate surface area is 132 Å². The molecule has 1 fully saturated rings. The maximum Gasteiger partial charge on any atom is 0.245 e. The zero-order chi connectivity index (χ0) is 15.5. The first-order valence-corrected chi connectivity index (χ1v) is 8.62. The summed E-state index contributed by atoms with van der Waals surface area (Å²) in [5.41, 5.74) is -0.0346. The summed E-state index contributed by atoms with van der Waals surface area (Å²) >= 11 is 1.68. The van der Waals surface area contributed by atoms with E-state index in [0.717, 1.165) is 37.6 Å². The lowest BCUT2D eigenvalue weighted by molar-refractivity contribution is -0.140. The van der Waals surface area contributed by atoms with Gasteiger partial charge in [0.25, 0.3) is 0 Å². The molecule has 0 spiro atoms. The van der Waals surface area contributed by atoms with Gasteiger partial charge in [0.1, 0.15) is 6.04 Å². The third kappa shape index (κ3) is 3.84. The highest BCUT2D eigenvalue weighted by molar-refractivity contribution is 7.10. The molecule has 1 aliphatic rings. The van der Waals surface area contributed by atoms with Gasteiger partial charge in [-0.15, -0.1) is 11.3 Å². The van der Waals surface area contributed by atoms with Crippen LogP contribution in [0.15, 0.2) is 17.5 Å². The lowest BCUT2D eigenvalue weighted by atomic mass is 10.0. The normalized spacial score (nSPS) is 18.0. The van der Waals surface area contributed by atoms with E-state index in [1.165, 1.54) is 0 Å². The van der Waals surface area contributed by atoms with Gasteiger partial charge in [0.2, 0.25) is 5.91 Å². The predicted octanol–water partition coefficient (Wildman–Crippen LogP) is 2.34. The van der Waals surface area contributed by atoms with Crippen molar-refractivity contribution in [1.82, 2.24) is 15.1 Å². The van der Waals surface area contributed by atoms with Crippen LogP contribution in [-0.2, 0) is 4.79 Å². The van der Waals surface area contributed by atoms with E-state index in [-0.39, 0.29) is 17.5 Å². The quantitative estimate of drug-likeness (QED) is 0.927. The number of carbonyl (C=O) groups excluding carboxylic acids is 1. The van der Waals surface area contributed by atoms with Crippen LogP contribution in [0.3, 0.4) is 0 Å². The van der Waals surface area contributed by atoms with Gasteiger partial charge in [-0.25, -0.2) is 0 Å². The standard InChI is InChI=1S/C16H27N3OS/c1-5-19(16(2,3)4)14(13-7-6-12-21-13)15(20)18-10-8-17-9-11-18/h6-7,12,14,17H,5,8-11H2,1-4H3. The number of carbonyl (C=O) groups is 1. The molecule has 1 amide bonds. The Morgan fingerprint density at radius 2 is 2.10 bits per heavy atom. The van der Waals surface area contributed by atoms with Crippen molar-refractivity contribution in [3.05, 3.63) is 22.4 Å². The van der Waals surface area contributed by atoms with Crippen LogP contribution in [0.2, 0.25) is 0 Å². The second-order valence-electron chi connectivity index (χ2n) is 6.45. The number of hydrogen-bond acceptors (Lipinski definition) is 4. The van der Waals surface area contributed by atoms with Gasteiger partial charge in [-0.2, -0.15) is 0 Å². The van der Waals surface area contributed by atoms with Gasteiger partial charge in [-0.3, -0.25) is 9.69 Å². The lowest BCUT2D eigenvalue weighted by Crippen LogP contribution is -2.53. The Hall–Kier alpha value is -0.910. The lowest BCUT2D eigenvalue weighted by Gasteiger charge is -2.42. The summed E-state index contributed by atoms with van der Waals surface area (Å²) in [6, 6.07) is 3.96. The number of thiophene rings is 1. The van der Waals surface area contributed by atoms with E-state index in [9.17, 15) is 4.79 Å². The minimum absolute atomic E-state index is 0.0346. The van der Waals surface area contributed by atoms with Crippen molar-refractivity contribution in [2.24, 2.45) is 0 Å². The molecule has 0 aliphatic carbocycles. The molecular weight excluding hydrogens is 282 g/mol. The van der Waals surface area contributed by atoms with Crippen molar-refractivity contribution in [1.29, 1.82) is 0 Å². The largest absolute Gasteiger partial charge is 0.338 e. The zero-order valence-corrected chi connectivity index (χ0v) is 14.4. The van der Waals surface area contributed by atoms with Gasteiger partial charge in [0, 0.05) is 36.6 Å². The summed E-state index contributed by atoms with van der Waals surface area (Å²) in [7, 11) is 0. The van der Waals surface area contributed by atoms with Crippen LogP contribution in [-0.4, -0.2) is 54.0 Å². The molecular formula is C16H27N3OS. The first-order chi connectivity index (χ1) is 9.95. The second kappa shape index (κ2) is 6.90. The van der Waals surface area contributed by atoms with Crippen LogP contribution in [0.25, 0.3) is 0 Å². The Morgan fingerprint density at radius 3 is 2.57 bits per heavy atom. The highest BCUT2D eigenvalue weighted by Crippen LogP contribution is 2.32. The number of amides is 1. The number of likely N-dealkylation sites (N-methyl/N-ethyl adjacent to an activating group) is 1. The van der Waals surface area contributed by atoms with Crippen LogP contribution >= 0.6 is 11.3 Å². The fraction of sp³-hybridized carbons (Fsp3) is 0.688. The number of nitrogens with one attached hydrogen (secondary N) is 1. The fourth-order valence-electron chi connectivity index (χ4n) is 2.96. The average molecular weight is 309 g/mol. The van der Waals surface area contributed by atoms with E-state index < -0.39 is 0 Å². The van der Waals surface area contributed by atoms with Crippen molar-refractivity contribution in [2.75, 3.05) is 32.7 Å². The van der Waals surface area contributed by atoms with Crippen LogP contribution in [0.4, 0.5) is 0 Å². The molecule has 0 saturated carbocycles. The SMILES string of the molecule is CCN(C(C(=O)N1CCNCC1)c1cccs1)C(C)(C)C. The highest BCUT2D eigenvalue weighted by atomic mass is 32.1. The molecule has 1 unspecified atom stereocenters. The Bertz CT molecular complexity index is 447. The maximum atomic E-state index is 13.1. The van der Waals surface area contributed by atoms with Crippen LogP contribution in [0, 0.1) is 0 Å².